The van der Waals surface area contributed by atoms with E-state index in [-0.39, 0.29) is 5.91 Å². The molecule has 3 nitrogen and oxygen atoms in total. The first kappa shape index (κ1) is 10.6. The maximum Gasteiger partial charge on any atom is 0.228 e. The first-order valence-electron chi connectivity index (χ1n) is 4.62. The number of carbonyl (C=O) groups is 1. The molecule has 80 valence electrons. The summed E-state index contributed by atoms with van der Waals surface area (Å²) in [7, 11) is 6.85. The van der Waals surface area contributed by atoms with Gasteiger partial charge in [0.25, 0.3) is 0 Å². The summed E-state index contributed by atoms with van der Waals surface area (Å²) in [5.74, 6) is 0.739. The number of nitrogens with one attached hydrogen (secondary N) is 1. The molecule has 0 aromatic heterocycles. The molecule has 5 heteroatoms. The van der Waals surface area contributed by atoms with Gasteiger partial charge in [0.1, 0.15) is 5.75 Å². The lowest BCUT2D eigenvalue weighted by atomic mass is 10.1. The maximum absolute atomic E-state index is 11.2. The van der Waals surface area contributed by atoms with Crippen molar-refractivity contribution in [1.29, 1.82) is 0 Å². The van der Waals surface area contributed by atoms with Crippen LogP contribution in [-0.4, -0.2) is 12.5 Å². The first-order chi connectivity index (χ1) is 7.24. The fourth-order valence-electron chi connectivity index (χ4n) is 1.56. The van der Waals surface area contributed by atoms with Crippen molar-refractivity contribution in [2.75, 3.05) is 11.9 Å². The van der Waals surface area contributed by atoms with Crippen molar-refractivity contribution < 1.29 is 9.53 Å². The Balaban J connectivity index is 2.40. The van der Waals surface area contributed by atoms with Crippen LogP contribution in [0.5, 0.6) is 5.75 Å². The monoisotopic (exact) mass is 243 g/mol. The minimum absolute atomic E-state index is 0.0178. The van der Waals surface area contributed by atoms with Crippen molar-refractivity contribution in [3.63, 3.8) is 0 Å². The number of amides is 1. The highest BCUT2D eigenvalue weighted by molar-refractivity contribution is 8.21. The molecule has 0 bridgehead atoms. The van der Waals surface area contributed by atoms with E-state index in [9.17, 15) is 4.79 Å². The van der Waals surface area contributed by atoms with E-state index >= 15 is 0 Å². The van der Waals surface area contributed by atoms with Gasteiger partial charge in [0.15, 0.2) is 0 Å². The number of rotatable bonds is 3. The molecule has 1 N–H and O–H groups in total. The fourth-order valence-corrected chi connectivity index (χ4v) is 2.30. The van der Waals surface area contributed by atoms with E-state index in [0.29, 0.717) is 13.0 Å². The molecule has 0 saturated heterocycles. The predicted molar refractivity (Wildman–Crippen MR) is 61.7 cm³/mol. The Labute approximate surface area is 96.6 Å². The quantitative estimate of drug-likeness (QED) is 0.887. The van der Waals surface area contributed by atoms with Crippen molar-refractivity contribution in [2.45, 2.75) is 18.2 Å². The predicted octanol–water partition coefficient (Wildman–Crippen LogP) is 2.83. The molecular weight excluding hydrogens is 234 g/mol. The zero-order chi connectivity index (χ0) is 10.8. The summed E-state index contributed by atoms with van der Waals surface area (Å²) in [6.07, 6.45) is 0.423. The highest BCUT2D eigenvalue weighted by Gasteiger charge is 2.20. The molecule has 15 heavy (non-hydrogen) atoms. The number of halogens is 1. The molecular formula is C10H10ClNO2S. The number of carbonyl (C=O) groups excluding carboxylic acids is 1. The largest absolute Gasteiger partial charge is 0.493 e. The van der Waals surface area contributed by atoms with Crippen LogP contribution in [0.3, 0.4) is 0 Å². The van der Waals surface area contributed by atoms with E-state index in [1.165, 1.54) is 0 Å². The summed E-state index contributed by atoms with van der Waals surface area (Å²) in [5, 5.41) is 2.78. The normalized spacial score (nSPS) is 13.6. The number of benzene rings is 1. The van der Waals surface area contributed by atoms with Crippen LogP contribution in [-0.2, 0) is 11.2 Å². The van der Waals surface area contributed by atoms with Crippen LogP contribution in [0.15, 0.2) is 17.0 Å². The fraction of sp³-hybridized carbons (Fsp3) is 0.300. The molecule has 0 aliphatic carbocycles. The maximum atomic E-state index is 11.2. The van der Waals surface area contributed by atoms with Crippen LogP contribution < -0.4 is 10.1 Å². The van der Waals surface area contributed by atoms with Gasteiger partial charge < -0.3 is 10.1 Å². The van der Waals surface area contributed by atoms with Gasteiger partial charge in [-0.3, -0.25) is 4.79 Å². The topological polar surface area (TPSA) is 38.3 Å². The summed E-state index contributed by atoms with van der Waals surface area (Å²) < 4.78 is 5.43. The standard InChI is InChI=1S/C10H10ClNO2S/c1-2-14-8-5-7-6(3-9(8)15-11)4-10(13)12-7/h3,5H,2,4H2,1H3,(H,12,13). The van der Waals surface area contributed by atoms with Crippen LogP contribution in [0.4, 0.5) is 5.69 Å². The third kappa shape index (κ3) is 2.06. The van der Waals surface area contributed by atoms with Gasteiger partial charge in [0, 0.05) is 11.8 Å². The van der Waals surface area contributed by atoms with Crippen molar-refractivity contribution in [3.05, 3.63) is 17.7 Å². The van der Waals surface area contributed by atoms with Crippen LogP contribution in [0.2, 0.25) is 0 Å². The van der Waals surface area contributed by atoms with Gasteiger partial charge in [-0.25, -0.2) is 0 Å². The summed E-state index contributed by atoms with van der Waals surface area (Å²) in [4.78, 5) is 12.0. The second-order valence-electron chi connectivity index (χ2n) is 3.19. The van der Waals surface area contributed by atoms with E-state index in [2.05, 4.69) is 5.32 Å². The van der Waals surface area contributed by atoms with E-state index in [4.69, 9.17) is 15.4 Å². The second kappa shape index (κ2) is 4.33. The van der Waals surface area contributed by atoms with E-state index in [1.807, 2.05) is 19.1 Å². The van der Waals surface area contributed by atoms with Crippen molar-refractivity contribution in [1.82, 2.24) is 0 Å². The van der Waals surface area contributed by atoms with Crippen molar-refractivity contribution in [3.8, 4) is 5.75 Å². The van der Waals surface area contributed by atoms with Crippen LogP contribution >= 0.6 is 21.7 Å². The lowest BCUT2D eigenvalue weighted by Gasteiger charge is -2.09. The Morgan fingerprint density at radius 1 is 1.60 bits per heavy atom. The number of fused-ring (bicyclic) bond motifs is 1. The Bertz CT molecular complexity index is 409. The number of anilines is 1. The summed E-state index contributed by atoms with van der Waals surface area (Å²) in [6, 6.07) is 3.73. The minimum atomic E-state index is 0.0178. The molecule has 1 aromatic carbocycles. The van der Waals surface area contributed by atoms with Crippen molar-refractivity contribution >= 4 is 33.3 Å². The van der Waals surface area contributed by atoms with Crippen LogP contribution in [0, 0.1) is 0 Å². The SMILES string of the molecule is CCOc1cc2c(cc1SCl)CC(=O)N2. The average Bonchev–Trinajstić information content (AvgIpc) is 2.56. The molecule has 1 aliphatic rings. The van der Waals surface area contributed by atoms with Gasteiger partial charge in [-0.1, -0.05) is 0 Å². The zero-order valence-corrected chi connectivity index (χ0v) is 9.74. The minimum Gasteiger partial charge on any atom is -0.493 e. The third-order valence-electron chi connectivity index (χ3n) is 2.18. The Kier molecular flexibility index (Phi) is 3.07. The molecule has 0 radical (unpaired) electrons. The molecule has 0 fully saturated rings. The highest BCUT2D eigenvalue weighted by atomic mass is 35.7. The molecule has 0 unspecified atom stereocenters. The number of ether oxygens (including phenoxy) is 1. The van der Waals surface area contributed by atoms with Crippen molar-refractivity contribution in [2.24, 2.45) is 0 Å². The number of hydrogen-bond donors (Lipinski definition) is 1. The zero-order valence-electron chi connectivity index (χ0n) is 8.17. The molecule has 0 saturated carbocycles. The molecule has 1 heterocycles. The summed E-state index contributed by atoms with van der Waals surface area (Å²) >= 11 is 0. The van der Waals surface area contributed by atoms with Gasteiger partial charge in [0.2, 0.25) is 5.91 Å². The molecule has 1 amide bonds. The smallest absolute Gasteiger partial charge is 0.228 e. The summed E-state index contributed by atoms with van der Waals surface area (Å²) in [6.45, 7) is 2.49. The second-order valence-corrected chi connectivity index (χ2v) is 4.25. The van der Waals surface area contributed by atoms with E-state index in [1.54, 1.807) is 0 Å². The Hall–Kier alpha value is -0.870. The third-order valence-corrected chi connectivity index (χ3v) is 3.16. The lowest BCUT2D eigenvalue weighted by Crippen LogP contribution is -2.03. The Morgan fingerprint density at radius 3 is 3.07 bits per heavy atom. The highest BCUT2D eigenvalue weighted by Crippen LogP contribution is 2.38. The lowest BCUT2D eigenvalue weighted by molar-refractivity contribution is -0.115. The molecule has 1 aromatic rings. The average molecular weight is 244 g/mol. The van der Waals surface area contributed by atoms with E-state index < -0.39 is 0 Å². The number of hydrogen-bond acceptors (Lipinski definition) is 3. The van der Waals surface area contributed by atoms with Gasteiger partial charge in [-0.05, 0) is 40.2 Å². The molecule has 2 rings (SSSR count). The van der Waals surface area contributed by atoms with Crippen LogP contribution in [0.1, 0.15) is 12.5 Å². The van der Waals surface area contributed by atoms with Gasteiger partial charge >= 0.3 is 0 Å². The van der Waals surface area contributed by atoms with Gasteiger partial charge in [-0.15, -0.1) is 0 Å². The first-order valence-corrected chi connectivity index (χ1v) is 6.27. The van der Waals surface area contributed by atoms with E-state index in [0.717, 1.165) is 32.9 Å². The molecule has 1 aliphatic heterocycles. The molecule has 0 atom stereocenters. The van der Waals surface area contributed by atoms with Crippen LogP contribution in [0.25, 0.3) is 0 Å². The molecule has 0 spiro atoms. The van der Waals surface area contributed by atoms with Gasteiger partial charge in [-0.2, -0.15) is 0 Å². The Morgan fingerprint density at radius 2 is 2.40 bits per heavy atom. The summed E-state index contributed by atoms with van der Waals surface area (Å²) in [5.41, 5.74) is 1.81. The van der Waals surface area contributed by atoms with Gasteiger partial charge in [0.05, 0.1) is 17.9 Å².